The molecule has 0 spiro atoms. The van der Waals surface area contributed by atoms with E-state index in [9.17, 15) is 4.79 Å². The zero-order valence-electron chi connectivity index (χ0n) is 13.2. The average Bonchev–Trinajstić information content (AvgIpc) is 3.23. The first-order valence-corrected chi connectivity index (χ1v) is 8.67. The van der Waals surface area contributed by atoms with Crippen LogP contribution in [-0.2, 0) is 11.3 Å². The smallest absolute Gasteiger partial charge is 0.244 e. The molecule has 0 bridgehead atoms. The second-order valence-electron chi connectivity index (χ2n) is 5.54. The minimum Gasteiger partial charge on any atom is -0.357 e. The topological polar surface area (TPSA) is 58.1 Å². The number of amides is 1. The van der Waals surface area contributed by atoms with Crippen LogP contribution in [0.3, 0.4) is 0 Å². The lowest BCUT2D eigenvalue weighted by atomic mass is 10.3. The van der Waals surface area contributed by atoms with Crippen molar-refractivity contribution in [1.29, 1.82) is 0 Å². The van der Waals surface area contributed by atoms with Gasteiger partial charge >= 0.3 is 0 Å². The van der Waals surface area contributed by atoms with Gasteiger partial charge in [-0.15, -0.1) is 11.3 Å². The highest BCUT2D eigenvalue weighted by molar-refractivity contribution is 7.10. The molecule has 3 heterocycles. The van der Waals surface area contributed by atoms with Gasteiger partial charge in [0.1, 0.15) is 11.6 Å². The Morgan fingerprint density at radius 2 is 2.22 bits per heavy atom. The molecule has 23 heavy (non-hydrogen) atoms. The summed E-state index contributed by atoms with van der Waals surface area (Å²) >= 11 is 1.60. The maximum Gasteiger partial charge on any atom is 0.244 e. The lowest BCUT2D eigenvalue weighted by Gasteiger charge is -2.17. The van der Waals surface area contributed by atoms with E-state index in [0.29, 0.717) is 12.4 Å². The second-order valence-corrected chi connectivity index (χ2v) is 6.52. The third-order valence-corrected chi connectivity index (χ3v) is 4.52. The van der Waals surface area contributed by atoms with E-state index in [0.717, 1.165) is 29.5 Å². The van der Waals surface area contributed by atoms with E-state index in [-0.39, 0.29) is 5.91 Å². The van der Waals surface area contributed by atoms with Crippen molar-refractivity contribution in [3.63, 3.8) is 0 Å². The number of rotatable bonds is 5. The molecule has 1 amide bonds. The Bertz CT molecular complexity index is 691. The first-order chi connectivity index (χ1) is 11.2. The molecule has 1 aliphatic heterocycles. The summed E-state index contributed by atoms with van der Waals surface area (Å²) in [4.78, 5) is 24.2. The first kappa shape index (κ1) is 15.7. The molecule has 0 saturated carbocycles. The van der Waals surface area contributed by atoms with Gasteiger partial charge in [-0.2, -0.15) is 0 Å². The molecule has 5 nitrogen and oxygen atoms in total. The SMILES string of the molecule is Cc1cc(N2CCCC2)nc(CNC(=O)/C=C/c2cccs2)n1. The van der Waals surface area contributed by atoms with Gasteiger partial charge in [-0.05, 0) is 37.3 Å². The summed E-state index contributed by atoms with van der Waals surface area (Å²) in [5.41, 5.74) is 0.931. The fraction of sp³-hybridized carbons (Fsp3) is 0.353. The Morgan fingerprint density at radius 1 is 1.39 bits per heavy atom. The monoisotopic (exact) mass is 328 g/mol. The van der Waals surface area contributed by atoms with Crippen LogP contribution in [0.4, 0.5) is 5.82 Å². The van der Waals surface area contributed by atoms with Crippen molar-refractivity contribution >= 4 is 29.1 Å². The van der Waals surface area contributed by atoms with Crippen molar-refractivity contribution in [1.82, 2.24) is 15.3 Å². The second kappa shape index (κ2) is 7.37. The molecule has 1 saturated heterocycles. The Hall–Kier alpha value is -2.21. The van der Waals surface area contributed by atoms with Crippen LogP contribution in [0.15, 0.2) is 29.7 Å². The molecule has 6 heteroatoms. The Kier molecular flexibility index (Phi) is 5.02. The Labute approximate surface area is 140 Å². The van der Waals surface area contributed by atoms with Crippen LogP contribution in [-0.4, -0.2) is 29.0 Å². The predicted molar refractivity (Wildman–Crippen MR) is 93.4 cm³/mol. The van der Waals surface area contributed by atoms with Crippen LogP contribution in [0.1, 0.15) is 29.2 Å². The van der Waals surface area contributed by atoms with E-state index in [4.69, 9.17) is 0 Å². The van der Waals surface area contributed by atoms with Gasteiger partial charge in [-0.1, -0.05) is 6.07 Å². The highest BCUT2D eigenvalue weighted by Gasteiger charge is 2.15. The van der Waals surface area contributed by atoms with E-state index >= 15 is 0 Å². The number of aromatic nitrogens is 2. The summed E-state index contributed by atoms with van der Waals surface area (Å²) < 4.78 is 0. The zero-order chi connectivity index (χ0) is 16.1. The van der Waals surface area contributed by atoms with Gasteiger partial charge in [0, 0.05) is 35.8 Å². The summed E-state index contributed by atoms with van der Waals surface area (Å²) in [6.45, 7) is 4.40. The largest absolute Gasteiger partial charge is 0.357 e. The number of aryl methyl sites for hydroxylation is 1. The standard InChI is InChI=1S/C17H20N4OS/c1-13-11-16(21-8-2-3-9-21)20-15(19-13)12-18-17(22)7-6-14-5-4-10-23-14/h4-7,10-11H,2-3,8-9,12H2,1H3,(H,18,22)/b7-6+. The molecule has 120 valence electrons. The number of carbonyl (C=O) groups excluding carboxylic acids is 1. The van der Waals surface area contributed by atoms with Crippen molar-refractivity contribution in [2.24, 2.45) is 0 Å². The minimum atomic E-state index is -0.133. The number of hydrogen-bond acceptors (Lipinski definition) is 5. The van der Waals surface area contributed by atoms with Crippen LogP contribution >= 0.6 is 11.3 Å². The molecule has 0 atom stereocenters. The Morgan fingerprint density at radius 3 is 2.96 bits per heavy atom. The van der Waals surface area contributed by atoms with Crippen molar-refractivity contribution in [2.45, 2.75) is 26.3 Å². The number of thiophene rings is 1. The molecule has 1 aliphatic rings. The number of nitrogens with one attached hydrogen (secondary N) is 1. The zero-order valence-corrected chi connectivity index (χ0v) is 14.0. The number of anilines is 1. The van der Waals surface area contributed by atoms with Crippen molar-refractivity contribution < 1.29 is 4.79 Å². The van der Waals surface area contributed by atoms with Crippen molar-refractivity contribution in [3.05, 3.63) is 46.1 Å². The van der Waals surface area contributed by atoms with E-state index in [2.05, 4.69) is 20.2 Å². The fourth-order valence-corrected chi connectivity index (χ4v) is 3.19. The molecule has 2 aromatic rings. The molecule has 0 radical (unpaired) electrons. The van der Waals surface area contributed by atoms with Gasteiger partial charge in [-0.3, -0.25) is 4.79 Å². The van der Waals surface area contributed by atoms with Crippen molar-refractivity contribution in [3.8, 4) is 0 Å². The van der Waals surface area contributed by atoms with Gasteiger partial charge < -0.3 is 10.2 Å². The molecule has 1 fully saturated rings. The molecular formula is C17H20N4OS. The van der Waals surface area contributed by atoms with Crippen LogP contribution in [0, 0.1) is 6.92 Å². The third-order valence-electron chi connectivity index (χ3n) is 3.68. The molecular weight excluding hydrogens is 308 g/mol. The van der Waals surface area contributed by atoms with Gasteiger partial charge in [0.2, 0.25) is 5.91 Å². The summed E-state index contributed by atoms with van der Waals surface area (Å²) in [7, 11) is 0. The number of nitrogens with zero attached hydrogens (tertiary/aromatic N) is 3. The van der Waals surface area contributed by atoms with Crippen LogP contribution in [0.2, 0.25) is 0 Å². The van der Waals surface area contributed by atoms with Gasteiger partial charge in [0.15, 0.2) is 0 Å². The van der Waals surface area contributed by atoms with E-state index in [1.165, 1.54) is 12.8 Å². The number of carbonyl (C=O) groups is 1. The Balaban J connectivity index is 1.60. The quantitative estimate of drug-likeness (QED) is 0.858. The highest BCUT2D eigenvalue weighted by Crippen LogP contribution is 2.18. The molecule has 3 rings (SSSR count). The average molecular weight is 328 g/mol. The summed E-state index contributed by atoms with van der Waals surface area (Å²) in [5, 5.41) is 4.83. The first-order valence-electron chi connectivity index (χ1n) is 7.79. The summed E-state index contributed by atoms with van der Waals surface area (Å²) in [5.74, 6) is 1.49. The predicted octanol–water partition coefficient (Wildman–Crippen LogP) is 2.78. The van der Waals surface area contributed by atoms with Crippen LogP contribution < -0.4 is 10.2 Å². The maximum absolute atomic E-state index is 11.9. The third kappa shape index (κ3) is 4.39. The van der Waals surface area contributed by atoms with Gasteiger partial charge in [-0.25, -0.2) is 9.97 Å². The van der Waals surface area contributed by atoms with Gasteiger partial charge in [0.05, 0.1) is 6.54 Å². The van der Waals surface area contributed by atoms with E-state index in [1.54, 1.807) is 17.4 Å². The van der Waals surface area contributed by atoms with Crippen LogP contribution in [0.5, 0.6) is 0 Å². The maximum atomic E-state index is 11.9. The molecule has 1 N–H and O–H groups in total. The van der Waals surface area contributed by atoms with Gasteiger partial charge in [0.25, 0.3) is 0 Å². The lowest BCUT2D eigenvalue weighted by molar-refractivity contribution is -0.116. The minimum absolute atomic E-state index is 0.133. The van der Waals surface area contributed by atoms with E-state index in [1.807, 2.05) is 36.6 Å². The molecule has 2 aromatic heterocycles. The molecule has 0 aromatic carbocycles. The van der Waals surface area contributed by atoms with Crippen molar-refractivity contribution in [2.75, 3.05) is 18.0 Å². The molecule has 0 unspecified atom stereocenters. The van der Waals surface area contributed by atoms with Crippen LogP contribution in [0.25, 0.3) is 6.08 Å². The summed E-state index contributed by atoms with van der Waals surface area (Å²) in [6, 6.07) is 5.94. The summed E-state index contributed by atoms with van der Waals surface area (Å²) in [6.07, 6.45) is 5.78. The highest BCUT2D eigenvalue weighted by atomic mass is 32.1. The number of hydrogen-bond donors (Lipinski definition) is 1. The normalized spacial score (nSPS) is 14.6. The van der Waals surface area contributed by atoms with E-state index < -0.39 is 0 Å². The fourth-order valence-electron chi connectivity index (χ4n) is 2.57. The molecule has 0 aliphatic carbocycles. The lowest BCUT2D eigenvalue weighted by Crippen LogP contribution is -2.24.